The lowest BCUT2D eigenvalue weighted by Crippen LogP contribution is -2.27. The first kappa shape index (κ1) is 27.3. The minimum atomic E-state index is -0.943. The van der Waals surface area contributed by atoms with Crippen LogP contribution >= 0.6 is 0 Å². The van der Waals surface area contributed by atoms with Crippen molar-refractivity contribution < 1.29 is 38.4 Å². The maximum atomic E-state index is 12.9. The number of benzene rings is 3. The highest BCUT2D eigenvalue weighted by atomic mass is 16.7. The molecule has 5 N–H and O–H groups in total. The summed E-state index contributed by atoms with van der Waals surface area (Å²) in [5, 5.41) is 14.4. The van der Waals surface area contributed by atoms with Crippen LogP contribution in [-0.4, -0.2) is 50.3 Å². The van der Waals surface area contributed by atoms with Gasteiger partial charge in [0.05, 0.1) is 18.0 Å². The van der Waals surface area contributed by atoms with Gasteiger partial charge in [0.1, 0.15) is 18.5 Å². The van der Waals surface area contributed by atoms with Crippen LogP contribution in [0, 0.1) is 0 Å². The van der Waals surface area contributed by atoms with Gasteiger partial charge in [0, 0.05) is 24.9 Å². The smallest absolute Gasteiger partial charge is 0.412 e. The SMILES string of the molecule is CO[C@@H](/C=C/C(=O)Nc1ccccc1N)[C@@H](OC(=O)Nc1ccc2c(c1)OCO2)c1ccc(OCCO)cc1. The second-order valence-corrected chi connectivity index (χ2v) is 8.30. The molecule has 0 radical (unpaired) electrons. The number of hydrogen-bond acceptors (Lipinski definition) is 9. The molecule has 11 heteroatoms. The van der Waals surface area contributed by atoms with Gasteiger partial charge in [-0.25, -0.2) is 4.79 Å². The fourth-order valence-electron chi connectivity index (χ4n) is 3.75. The highest BCUT2D eigenvalue weighted by Gasteiger charge is 2.26. The molecule has 1 heterocycles. The third kappa shape index (κ3) is 7.40. The van der Waals surface area contributed by atoms with E-state index in [0.29, 0.717) is 39.9 Å². The van der Waals surface area contributed by atoms with Gasteiger partial charge >= 0.3 is 6.09 Å². The van der Waals surface area contributed by atoms with Crippen LogP contribution in [0.25, 0.3) is 0 Å². The van der Waals surface area contributed by atoms with Gasteiger partial charge in [-0.1, -0.05) is 24.3 Å². The molecule has 0 aromatic heterocycles. The Kier molecular flexibility index (Phi) is 9.22. The van der Waals surface area contributed by atoms with Gasteiger partial charge in [0.2, 0.25) is 12.7 Å². The summed E-state index contributed by atoms with van der Waals surface area (Å²) in [7, 11) is 1.44. The maximum Gasteiger partial charge on any atom is 0.412 e. The van der Waals surface area contributed by atoms with Crippen LogP contribution < -0.4 is 30.6 Å². The molecular formula is C28H29N3O8. The highest BCUT2D eigenvalue weighted by Crippen LogP contribution is 2.34. The number of ether oxygens (including phenoxy) is 5. The number of hydrogen-bond donors (Lipinski definition) is 4. The molecule has 0 bridgehead atoms. The number of aliphatic hydroxyl groups excluding tert-OH is 1. The van der Waals surface area contributed by atoms with E-state index in [2.05, 4.69) is 10.6 Å². The lowest BCUT2D eigenvalue weighted by Gasteiger charge is -2.24. The molecule has 11 nitrogen and oxygen atoms in total. The standard InChI is InChI=1S/C28H29N3O8/c1-35-24(12-13-26(33)31-22-5-3-2-4-21(22)29)27(18-6-9-20(10-7-18)36-15-14-32)39-28(34)30-19-8-11-23-25(16-19)38-17-37-23/h2-13,16,24,27,32H,14-15,17,29H2,1H3,(H,30,34)(H,31,33)/b13-12+/t24-,27-/m0/s1. The van der Waals surface area contributed by atoms with Gasteiger partial charge in [0.25, 0.3) is 0 Å². The van der Waals surface area contributed by atoms with Crippen molar-refractivity contribution in [3.8, 4) is 17.2 Å². The predicted molar refractivity (Wildman–Crippen MR) is 144 cm³/mol. The molecule has 0 saturated heterocycles. The fraction of sp³-hybridized carbons (Fsp3) is 0.214. The Bertz CT molecular complexity index is 1310. The number of anilines is 3. The van der Waals surface area contributed by atoms with Crippen LogP contribution in [-0.2, 0) is 14.3 Å². The van der Waals surface area contributed by atoms with Gasteiger partial charge in [0.15, 0.2) is 17.6 Å². The van der Waals surface area contributed by atoms with Crippen LogP contribution in [0.5, 0.6) is 17.2 Å². The van der Waals surface area contributed by atoms with Crippen molar-refractivity contribution in [3.05, 3.63) is 84.4 Å². The van der Waals surface area contributed by atoms with Crippen LogP contribution in [0.15, 0.2) is 78.9 Å². The van der Waals surface area contributed by atoms with Crippen molar-refractivity contribution >= 4 is 29.1 Å². The van der Waals surface area contributed by atoms with E-state index >= 15 is 0 Å². The summed E-state index contributed by atoms with van der Waals surface area (Å²) in [6, 6.07) is 18.6. The average Bonchev–Trinajstić information content (AvgIpc) is 3.41. The molecule has 2 atom stereocenters. The lowest BCUT2D eigenvalue weighted by atomic mass is 10.0. The summed E-state index contributed by atoms with van der Waals surface area (Å²) in [5.41, 5.74) is 7.82. The van der Waals surface area contributed by atoms with Crippen molar-refractivity contribution in [1.82, 2.24) is 0 Å². The molecule has 1 aliphatic heterocycles. The molecule has 1 aliphatic rings. The molecular weight excluding hydrogens is 506 g/mol. The molecule has 3 aromatic carbocycles. The van der Waals surface area contributed by atoms with Crippen LogP contribution in [0.4, 0.5) is 21.9 Å². The molecule has 0 saturated carbocycles. The Labute approximate surface area is 225 Å². The Morgan fingerprint density at radius 2 is 1.82 bits per heavy atom. The molecule has 0 unspecified atom stereocenters. The van der Waals surface area contributed by atoms with E-state index in [-0.39, 0.29) is 20.0 Å². The number of carbonyl (C=O) groups excluding carboxylic acids is 2. The monoisotopic (exact) mass is 535 g/mol. The van der Waals surface area contributed by atoms with E-state index in [4.69, 9.17) is 34.5 Å². The van der Waals surface area contributed by atoms with Gasteiger partial charge in [-0.15, -0.1) is 0 Å². The van der Waals surface area contributed by atoms with Gasteiger partial charge < -0.3 is 39.8 Å². The highest BCUT2D eigenvalue weighted by molar-refractivity contribution is 6.01. The fourth-order valence-corrected chi connectivity index (χ4v) is 3.75. The summed E-state index contributed by atoms with van der Waals surface area (Å²) >= 11 is 0. The van der Waals surface area contributed by atoms with Gasteiger partial charge in [-0.05, 0) is 48.0 Å². The lowest BCUT2D eigenvalue weighted by molar-refractivity contribution is -0.112. The summed E-state index contributed by atoms with van der Waals surface area (Å²) < 4.78 is 27.4. The third-order valence-corrected chi connectivity index (χ3v) is 5.65. The van der Waals surface area contributed by atoms with Crippen molar-refractivity contribution in [2.45, 2.75) is 12.2 Å². The molecule has 39 heavy (non-hydrogen) atoms. The maximum absolute atomic E-state index is 12.9. The molecule has 204 valence electrons. The van der Waals surface area contributed by atoms with Crippen LogP contribution in [0.2, 0.25) is 0 Å². The number of methoxy groups -OCH3 is 1. The van der Waals surface area contributed by atoms with Crippen molar-refractivity contribution in [3.63, 3.8) is 0 Å². The summed E-state index contributed by atoms with van der Waals surface area (Å²) in [4.78, 5) is 25.5. The number of nitrogen functional groups attached to an aromatic ring is 1. The first-order chi connectivity index (χ1) is 19.0. The number of rotatable bonds is 11. The quantitative estimate of drug-likeness (QED) is 0.212. The molecule has 0 fully saturated rings. The number of para-hydroxylation sites is 2. The number of aliphatic hydroxyl groups is 1. The molecule has 3 aromatic rings. The first-order valence-electron chi connectivity index (χ1n) is 12.0. The van der Waals surface area contributed by atoms with E-state index in [1.54, 1.807) is 66.7 Å². The normalized spacial score (nSPS) is 13.5. The average molecular weight is 536 g/mol. The largest absolute Gasteiger partial charge is 0.491 e. The zero-order valence-electron chi connectivity index (χ0n) is 21.2. The Morgan fingerprint density at radius 1 is 1.05 bits per heavy atom. The summed E-state index contributed by atoms with van der Waals surface area (Å²) in [5.74, 6) is 1.17. The molecule has 4 rings (SSSR count). The molecule has 2 amide bonds. The predicted octanol–water partition coefficient (Wildman–Crippen LogP) is 3.87. The zero-order chi connectivity index (χ0) is 27.6. The van der Waals surface area contributed by atoms with Crippen molar-refractivity contribution in [1.29, 1.82) is 0 Å². The summed E-state index contributed by atoms with van der Waals surface area (Å²) in [6.45, 7) is 0.123. The van der Waals surface area contributed by atoms with Gasteiger partial charge in [-0.3, -0.25) is 10.1 Å². The van der Waals surface area contributed by atoms with E-state index < -0.39 is 24.2 Å². The van der Waals surface area contributed by atoms with E-state index in [0.717, 1.165) is 0 Å². The van der Waals surface area contributed by atoms with Crippen LogP contribution in [0.3, 0.4) is 0 Å². The minimum absolute atomic E-state index is 0.107. The number of fused-ring (bicyclic) bond motifs is 1. The number of nitrogens with two attached hydrogens (primary N) is 1. The number of amides is 2. The van der Waals surface area contributed by atoms with Crippen LogP contribution in [0.1, 0.15) is 11.7 Å². The Morgan fingerprint density at radius 3 is 2.56 bits per heavy atom. The Hall–Kier alpha value is -4.74. The topological polar surface area (TPSA) is 151 Å². The van der Waals surface area contributed by atoms with E-state index in [1.165, 1.54) is 19.3 Å². The summed E-state index contributed by atoms with van der Waals surface area (Å²) in [6.07, 6.45) is 0.239. The second-order valence-electron chi connectivity index (χ2n) is 8.30. The first-order valence-corrected chi connectivity index (χ1v) is 12.0. The number of nitrogens with one attached hydrogen (secondary N) is 2. The van der Waals surface area contributed by atoms with E-state index in [1.807, 2.05) is 0 Å². The molecule has 0 aliphatic carbocycles. The third-order valence-electron chi connectivity index (χ3n) is 5.65. The minimum Gasteiger partial charge on any atom is -0.491 e. The zero-order valence-corrected chi connectivity index (χ0v) is 21.2. The van der Waals surface area contributed by atoms with E-state index in [9.17, 15) is 9.59 Å². The molecule has 0 spiro atoms. The second kappa shape index (κ2) is 13.2. The van der Waals surface area contributed by atoms with Crippen molar-refractivity contribution in [2.75, 3.05) is 43.5 Å². The Balaban J connectivity index is 1.51. The number of carbonyl (C=O) groups is 2. The van der Waals surface area contributed by atoms with Gasteiger partial charge in [-0.2, -0.15) is 0 Å². The van der Waals surface area contributed by atoms with Crippen molar-refractivity contribution in [2.24, 2.45) is 0 Å².